The van der Waals surface area contributed by atoms with Crippen molar-refractivity contribution in [3.05, 3.63) is 35.4 Å². The largest absolute Gasteiger partial charge is 0.416 e. The zero-order valence-corrected chi connectivity index (χ0v) is 11.5. The summed E-state index contributed by atoms with van der Waals surface area (Å²) in [5.74, 6) is -0.0596. The minimum absolute atomic E-state index is 0.0494. The quantitative estimate of drug-likeness (QED) is 0.903. The molecule has 0 saturated heterocycles. The van der Waals surface area contributed by atoms with Gasteiger partial charge in [-0.1, -0.05) is 32.0 Å². The molecule has 2 nitrogen and oxygen atoms in total. The molecule has 1 atom stereocenters. The number of rotatable bonds is 5. The van der Waals surface area contributed by atoms with E-state index in [4.69, 9.17) is 5.73 Å². The molecule has 1 aromatic carbocycles. The molecule has 1 amide bonds. The van der Waals surface area contributed by atoms with E-state index in [1.165, 1.54) is 17.8 Å². The van der Waals surface area contributed by atoms with Crippen molar-refractivity contribution in [1.82, 2.24) is 0 Å². The van der Waals surface area contributed by atoms with E-state index < -0.39 is 22.9 Å². The number of hydrogen-bond donors (Lipinski definition) is 1. The Kier molecular flexibility index (Phi) is 5.29. The van der Waals surface area contributed by atoms with Crippen LogP contribution in [0.4, 0.5) is 13.2 Å². The third-order valence-corrected chi connectivity index (χ3v) is 4.21. The number of amides is 1. The van der Waals surface area contributed by atoms with E-state index in [1.54, 1.807) is 6.07 Å². The second kappa shape index (κ2) is 6.32. The lowest BCUT2D eigenvalue weighted by atomic mass is 10.1. The van der Waals surface area contributed by atoms with Gasteiger partial charge in [-0.05, 0) is 17.5 Å². The predicted molar refractivity (Wildman–Crippen MR) is 70.6 cm³/mol. The fourth-order valence-electron chi connectivity index (χ4n) is 1.63. The summed E-state index contributed by atoms with van der Waals surface area (Å²) >= 11 is 1.27. The molecule has 106 valence electrons. The normalized spacial score (nSPS) is 13.6. The summed E-state index contributed by atoms with van der Waals surface area (Å²) in [6.07, 6.45) is -4.35. The van der Waals surface area contributed by atoms with Crippen molar-refractivity contribution in [3.63, 3.8) is 0 Å². The average molecular weight is 291 g/mol. The molecule has 0 aromatic heterocycles. The van der Waals surface area contributed by atoms with Crippen molar-refractivity contribution < 1.29 is 18.0 Å². The van der Waals surface area contributed by atoms with E-state index in [9.17, 15) is 18.0 Å². The Morgan fingerprint density at radius 2 is 2.00 bits per heavy atom. The van der Waals surface area contributed by atoms with Gasteiger partial charge in [0.2, 0.25) is 5.91 Å². The minimum atomic E-state index is -4.35. The molecule has 0 aliphatic rings. The molecular weight excluding hydrogens is 275 g/mol. The SMILES string of the molecule is CC(C)C(SCc1cccc(C(F)(F)F)c1)C(N)=O. The number of thioether (sulfide) groups is 1. The van der Waals surface area contributed by atoms with Crippen LogP contribution in [0.3, 0.4) is 0 Å². The van der Waals surface area contributed by atoms with Crippen LogP contribution in [0.2, 0.25) is 0 Å². The van der Waals surface area contributed by atoms with Crippen LogP contribution in [-0.2, 0) is 16.7 Å². The van der Waals surface area contributed by atoms with Crippen LogP contribution in [0, 0.1) is 5.92 Å². The maximum atomic E-state index is 12.5. The van der Waals surface area contributed by atoms with E-state index in [1.807, 2.05) is 13.8 Å². The molecule has 6 heteroatoms. The summed E-state index contributed by atoms with van der Waals surface area (Å²) in [4.78, 5) is 11.2. The molecule has 0 radical (unpaired) electrons. The van der Waals surface area contributed by atoms with Gasteiger partial charge >= 0.3 is 6.18 Å². The van der Waals surface area contributed by atoms with Gasteiger partial charge in [-0.3, -0.25) is 4.79 Å². The Labute approximate surface area is 114 Å². The van der Waals surface area contributed by atoms with Gasteiger partial charge in [-0.2, -0.15) is 13.2 Å². The summed E-state index contributed by atoms with van der Waals surface area (Å²) < 4.78 is 37.6. The Bertz CT molecular complexity index is 446. The Hall–Kier alpha value is -1.17. The number of alkyl halides is 3. The summed E-state index contributed by atoms with van der Waals surface area (Å²) in [6, 6.07) is 5.11. The van der Waals surface area contributed by atoms with Crippen LogP contribution in [0.15, 0.2) is 24.3 Å². The van der Waals surface area contributed by atoms with Crippen LogP contribution in [-0.4, -0.2) is 11.2 Å². The molecule has 0 heterocycles. The molecule has 0 aliphatic carbocycles. The van der Waals surface area contributed by atoms with Crippen LogP contribution in [0.5, 0.6) is 0 Å². The Balaban J connectivity index is 2.75. The monoisotopic (exact) mass is 291 g/mol. The predicted octanol–water partition coefficient (Wildman–Crippen LogP) is 3.45. The highest BCUT2D eigenvalue weighted by Gasteiger charge is 2.30. The van der Waals surface area contributed by atoms with Crippen molar-refractivity contribution in [2.45, 2.75) is 31.0 Å². The summed E-state index contributed by atoms with van der Waals surface area (Å²) in [5, 5.41) is -0.394. The van der Waals surface area contributed by atoms with Crippen LogP contribution in [0.25, 0.3) is 0 Å². The second-order valence-corrected chi connectivity index (χ2v) is 5.71. The molecule has 0 saturated carbocycles. The van der Waals surface area contributed by atoms with Crippen molar-refractivity contribution >= 4 is 17.7 Å². The van der Waals surface area contributed by atoms with Gasteiger partial charge in [-0.25, -0.2) is 0 Å². The standard InChI is InChI=1S/C13H16F3NOS/c1-8(2)11(12(17)18)19-7-9-4-3-5-10(6-9)13(14,15)16/h3-6,8,11H,7H2,1-2H3,(H2,17,18). The molecule has 1 unspecified atom stereocenters. The van der Waals surface area contributed by atoms with Gasteiger partial charge in [0.1, 0.15) is 0 Å². The molecule has 0 bridgehead atoms. The van der Waals surface area contributed by atoms with Crippen molar-refractivity contribution in [1.29, 1.82) is 0 Å². The van der Waals surface area contributed by atoms with Crippen LogP contribution in [0.1, 0.15) is 25.0 Å². The van der Waals surface area contributed by atoms with Gasteiger partial charge in [-0.15, -0.1) is 11.8 Å². The summed E-state index contributed by atoms with van der Waals surface area (Å²) in [7, 11) is 0. The van der Waals surface area contributed by atoms with Crippen LogP contribution < -0.4 is 5.73 Å². The van der Waals surface area contributed by atoms with Crippen molar-refractivity contribution in [3.8, 4) is 0 Å². The first-order valence-electron chi connectivity index (χ1n) is 5.79. The van der Waals surface area contributed by atoms with Gasteiger partial charge in [0.05, 0.1) is 10.8 Å². The highest BCUT2D eigenvalue weighted by Crippen LogP contribution is 2.31. The molecule has 2 N–H and O–H groups in total. The lowest BCUT2D eigenvalue weighted by molar-refractivity contribution is -0.137. The first-order chi connectivity index (χ1) is 8.71. The number of primary amides is 1. The van der Waals surface area contributed by atoms with E-state index >= 15 is 0 Å². The number of nitrogens with two attached hydrogens (primary N) is 1. The van der Waals surface area contributed by atoms with Crippen LogP contribution >= 0.6 is 11.8 Å². The lowest BCUT2D eigenvalue weighted by Gasteiger charge is -2.17. The van der Waals surface area contributed by atoms with E-state index in [0.717, 1.165) is 12.1 Å². The third-order valence-electron chi connectivity index (χ3n) is 2.57. The molecule has 0 fully saturated rings. The van der Waals surface area contributed by atoms with E-state index in [-0.39, 0.29) is 5.92 Å². The highest BCUT2D eigenvalue weighted by atomic mass is 32.2. The summed E-state index contributed by atoms with van der Waals surface area (Å²) in [5.41, 5.74) is 5.12. The van der Waals surface area contributed by atoms with Gasteiger partial charge in [0, 0.05) is 5.75 Å². The number of carbonyl (C=O) groups is 1. The zero-order chi connectivity index (χ0) is 14.6. The number of carbonyl (C=O) groups excluding carboxylic acids is 1. The number of hydrogen-bond acceptors (Lipinski definition) is 2. The Morgan fingerprint density at radius 3 is 2.47 bits per heavy atom. The summed E-state index contributed by atoms with van der Waals surface area (Å²) in [6.45, 7) is 3.71. The lowest BCUT2D eigenvalue weighted by Crippen LogP contribution is -2.30. The number of benzene rings is 1. The first kappa shape index (κ1) is 15.9. The van der Waals surface area contributed by atoms with Gasteiger partial charge in [0.25, 0.3) is 0 Å². The number of halogens is 3. The van der Waals surface area contributed by atoms with Crippen molar-refractivity contribution in [2.24, 2.45) is 11.7 Å². The van der Waals surface area contributed by atoms with Crippen molar-refractivity contribution in [2.75, 3.05) is 0 Å². The van der Waals surface area contributed by atoms with E-state index in [2.05, 4.69) is 0 Å². The molecule has 0 aliphatic heterocycles. The second-order valence-electron chi connectivity index (χ2n) is 4.58. The van der Waals surface area contributed by atoms with Gasteiger partial charge in [0.15, 0.2) is 0 Å². The third kappa shape index (κ3) is 4.78. The zero-order valence-electron chi connectivity index (χ0n) is 10.7. The van der Waals surface area contributed by atoms with E-state index in [0.29, 0.717) is 11.3 Å². The molecule has 1 rings (SSSR count). The smallest absolute Gasteiger partial charge is 0.369 e. The highest BCUT2D eigenvalue weighted by molar-refractivity contribution is 7.99. The topological polar surface area (TPSA) is 43.1 Å². The maximum Gasteiger partial charge on any atom is 0.416 e. The fraction of sp³-hybridized carbons (Fsp3) is 0.462. The molecule has 1 aromatic rings. The average Bonchev–Trinajstić information content (AvgIpc) is 2.27. The first-order valence-corrected chi connectivity index (χ1v) is 6.83. The van der Waals surface area contributed by atoms with Gasteiger partial charge < -0.3 is 5.73 Å². The fourth-order valence-corrected chi connectivity index (χ4v) is 2.73. The Morgan fingerprint density at radius 1 is 1.37 bits per heavy atom. The molecule has 19 heavy (non-hydrogen) atoms. The molecular formula is C13H16F3NOS. The maximum absolute atomic E-state index is 12.5. The molecule has 0 spiro atoms. The minimum Gasteiger partial charge on any atom is -0.369 e.